The molecule has 1 aromatic rings. The maximum atomic E-state index is 12.0. The van der Waals surface area contributed by atoms with Crippen LogP contribution in [0.15, 0.2) is 12.3 Å². The number of halogens is 3. The summed E-state index contributed by atoms with van der Waals surface area (Å²) in [5, 5.41) is 4.05. The highest BCUT2D eigenvalue weighted by molar-refractivity contribution is 7.89. The van der Waals surface area contributed by atoms with Crippen molar-refractivity contribution in [1.82, 2.24) is 14.5 Å². The first-order valence-corrected chi connectivity index (χ1v) is 7.48. The molecular weight excluding hydrogens is 283 g/mol. The second-order valence-electron chi connectivity index (χ2n) is 4.54. The summed E-state index contributed by atoms with van der Waals surface area (Å²) in [7, 11) is -3.90. The van der Waals surface area contributed by atoms with E-state index in [0.29, 0.717) is 19.4 Å². The van der Waals surface area contributed by atoms with Crippen LogP contribution in [-0.2, 0) is 23.0 Å². The average molecular weight is 297 g/mol. The molecule has 0 aromatic carbocycles. The molecule has 0 saturated carbocycles. The molecule has 2 rings (SSSR count). The lowest BCUT2D eigenvalue weighted by Crippen LogP contribution is -2.41. The predicted molar refractivity (Wildman–Crippen MR) is 61.9 cm³/mol. The molecule has 1 aromatic heterocycles. The zero-order valence-electron chi connectivity index (χ0n) is 10.0. The first kappa shape index (κ1) is 14.3. The van der Waals surface area contributed by atoms with E-state index in [9.17, 15) is 21.6 Å². The molecule has 1 N–H and O–H groups in total. The molecule has 108 valence electrons. The van der Waals surface area contributed by atoms with Gasteiger partial charge in [-0.3, -0.25) is 4.68 Å². The molecule has 9 heteroatoms. The van der Waals surface area contributed by atoms with Gasteiger partial charge in [-0.1, -0.05) is 0 Å². The molecule has 19 heavy (non-hydrogen) atoms. The normalized spacial score (nSPS) is 20.3. The molecule has 1 atom stereocenters. The Morgan fingerprint density at radius 1 is 1.47 bits per heavy atom. The number of aryl methyl sites for hydroxylation is 1. The Hall–Kier alpha value is -1.09. The molecule has 0 spiro atoms. The van der Waals surface area contributed by atoms with Crippen LogP contribution in [0.5, 0.6) is 0 Å². The Morgan fingerprint density at radius 3 is 2.89 bits per heavy atom. The summed E-state index contributed by atoms with van der Waals surface area (Å²) in [5.41, 5.74) is 0.884. The maximum Gasteiger partial charge on any atom is 0.390 e. The predicted octanol–water partition coefficient (Wildman–Crippen LogP) is 1.07. The van der Waals surface area contributed by atoms with Crippen LogP contribution in [0.3, 0.4) is 0 Å². The second kappa shape index (κ2) is 5.12. The zero-order chi connectivity index (χ0) is 14.1. The third kappa shape index (κ3) is 4.20. The van der Waals surface area contributed by atoms with Gasteiger partial charge in [-0.05, 0) is 12.5 Å². The van der Waals surface area contributed by atoms with Crippen molar-refractivity contribution in [3.8, 4) is 0 Å². The van der Waals surface area contributed by atoms with Crippen molar-refractivity contribution in [3.05, 3.63) is 18.0 Å². The number of nitrogens with one attached hydrogen (secondary N) is 1. The Bertz CT molecular complexity index is 538. The highest BCUT2D eigenvalue weighted by atomic mass is 32.2. The molecule has 0 fully saturated rings. The Labute approximate surface area is 108 Å². The molecule has 0 radical (unpaired) electrons. The molecular formula is C10H14F3N3O2S. The van der Waals surface area contributed by atoms with Gasteiger partial charge in [-0.15, -0.1) is 0 Å². The van der Waals surface area contributed by atoms with Gasteiger partial charge in [0.15, 0.2) is 0 Å². The summed E-state index contributed by atoms with van der Waals surface area (Å²) in [5.74, 6) is -0.924. The van der Waals surface area contributed by atoms with E-state index in [-0.39, 0.29) is 6.04 Å². The number of alkyl halides is 3. The maximum absolute atomic E-state index is 12.0. The number of sulfonamides is 1. The van der Waals surface area contributed by atoms with E-state index >= 15 is 0 Å². The van der Waals surface area contributed by atoms with E-state index < -0.39 is 28.4 Å². The van der Waals surface area contributed by atoms with E-state index in [2.05, 4.69) is 9.82 Å². The fraction of sp³-hybridized carbons (Fsp3) is 0.700. The van der Waals surface area contributed by atoms with Crippen LogP contribution in [0.25, 0.3) is 0 Å². The van der Waals surface area contributed by atoms with E-state index in [1.54, 1.807) is 16.9 Å². The van der Waals surface area contributed by atoms with Gasteiger partial charge in [0.05, 0.1) is 12.2 Å². The van der Waals surface area contributed by atoms with E-state index in [4.69, 9.17) is 0 Å². The molecule has 0 aliphatic carbocycles. The zero-order valence-corrected chi connectivity index (χ0v) is 10.8. The molecule has 0 amide bonds. The SMILES string of the molecule is O=S(=O)(CCC(F)(F)F)NC1CCn2nccc2C1. The summed E-state index contributed by atoms with van der Waals surface area (Å²) in [4.78, 5) is 0. The van der Waals surface area contributed by atoms with Crippen LogP contribution >= 0.6 is 0 Å². The van der Waals surface area contributed by atoms with Crippen molar-refractivity contribution in [2.24, 2.45) is 0 Å². The summed E-state index contributed by atoms with van der Waals surface area (Å²) >= 11 is 0. The van der Waals surface area contributed by atoms with Gasteiger partial charge in [0.2, 0.25) is 10.0 Å². The van der Waals surface area contributed by atoms with Gasteiger partial charge in [0, 0.05) is 30.9 Å². The van der Waals surface area contributed by atoms with Gasteiger partial charge >= 0.3 is 6.18 Å². The second-order valence-corrected chi connectivity index (χ2v) is 6.41. The number of aromatic nitrogens is 2. The minimum absolute atomic E-state index is 0.359. The fourth-order valence-electron chi connectivity index (χ4n) is 2.03. The molecule has 0 saturated heterocycles. The van der Waals surface area contributed by atoms with Gasteiger partial charge in [-0.25, -0.2) is 13.1 Å². The van der Waals surface area contributed by atoms with Crippen molar-refractivity contribution in [2.45, 2.75) is 38.0 Å². The average Bonchev–Trinajstić information content (AvgIpc) is 2.72. The number of hydrogen-bond donors (Lipinski definition) is 1. The lowest BCUT2D eigenvalue weighted by molar-refractivity contribution is -0.130. The third-order valence-corrected chi connectivity index (χ3v) is 4.38. The van der Waals surface area contributed by atoms with E-state index in [1.807, 2.05) is 0 Å². The van der Waals surface area contributed by atoms with Crippen molar-refractivity contribution in [3.63, 3.8) is 0 Å². The molecule has 1 aliphatic heterocycles. The van der Waals surface area contributed by atoms with Crippen LogP contribution in [-0.4, -0.2) is 36.2 Å². The highest BCUT2D eigenvalue weighted by Crippen LogP contribution is 2.20. The van der Waals surface area contributed by atoms with Crippen LogP contribution in [0.4, 0.5) is 13.2 Å². The van der Waals surface area contributed by atoms with Crippen molar-refractivity contribution < 1.29 is 21.6 Å². The Morgan fingerprint density at radius 2 is 2.21 bits per heavy atom. The van der Waals surface area contributed by atoms with Gasteiger partial charge in [0.25, 0.3) is 0 Å². The lowest BCUT2D eigenvalue weighted by Gasteiger charge is -2.24. The van der Waals surface area contributed by atoms with Crippen LogP contribution in [0.1, 0.15) is 18.5 Å². The summed E-state index contributed by atoms with van der Waals surface area (Å²) in [6, 6.07) is 1.42. The fourth-order valence-corrected chi connectivity index (χ4v) is 3.36. The molecule has 1 aliphatic rings. The Kier molecular flexibility index (Phi) is 3.86. The van der Waals surface area contributed by atoms with E-state index in [0.717, 1.165) is 5.69 Å². The largest absolute Gasteiger partial charge is 0.390 e. The molecule has 0 bridgehead atoms. The standard InChI is InChI=1S/C10H14F3N3O2S/c11-10(12,13)3-6-19(17,18)15-8-2-5-16-9(7-8)1-4-14-16/h1,4,8,15H,2-3,5-7H2. The smallest absolute Gasteiger partial charge is 0.269 e. The topological polar surface area (TPSA) is 64.0 Å². The monoisotopic (exact) mass is 297 g/mol. The third-order valence-electron chi connectivity index (χ3n) is 2.95. The van der Waals surface area contributed by atoms with Gasteiger partial charge in [-0.2, -0.15) is 18.3 Å². The lowest BCUT2D eigenvalue weighted by atomic mass is 10.1. The van der Waals surface area contributed by atoms with Crippen molar-refractivity contribution in [2.75, 3.05) is 5.75 Å². The van der Waals surface area contributed by atoms with Gasteiger partial charge in [0.1, 0.15) is 0 Å². The first-order valence-electron chi connectivity index (χ1n) is 5.83. The van der Waals surface area contributed by atoms with E-state index in [1.165, 1.54) is 0 Å². The van der Waals surface area contributed by atoms with Crippen LogP contribution in [0, 0.1) is 0 Å². The number of hydrogen-bond acceptors (Lipinski definition) is 3. The minimum atomic E-state index is -4.46. The van der Waals surface area contributed by atoms with Gasteiger partial charge < -0.3 is 0 Å². The van der Waals surface area contributed by atoms with Crippen LogP contribution in [0.2, 0.25) is 0 Å². The minimum Gasteiger partial charge on any atom is -0.269 e. The number of rotatable bonds is 4. The molecule has 1 unspecified atom stereocenters. The van der Waals surface area contributed by atoms with Crippen LogP contribution < -0.4 is 4.72 Å². The molecule has 5 nitrogen and oxygen atoms in total. The quantitative estimate of drug-likeness (QED) is 0.904. The first-order chi connectivity index (χ1) is 8.75. The molecule has 2 heterocycles. The number of nitrogens with zero attached hydrogens (tertiary/aromatic N) is 2. The summed E-state index contributed by atoms with van der Waals surface area (Å²) < 4.78 is 63.3. The summed E-state index contributed by atoms with van der Waals surface area (Å²) in [6.07, 6.45) is -3.19. The Balaban J connectivity index is 1.91. The van der Waals surface area contributed by atoms with Crippen molar-refractivity contribution in [1.29, 1.82) is 0 Å². The number of fused-ring (bicyclic) bond motifs is 1. The highest BCUT2D eigenvalue weighted by Gasteiger charge is 2.31. The summed E-state index contributed by atoms with van der Waals surface area (Å²) in [6.45, 7) is 0.564. The van der Waals surface area contributed by atoms with Crippen molar-refractivity contribution >= 4 is 10.0 Å².